The van der Waals surface area contributed by atoms with Gasteiger partial charge in [-0.05, 0) is 42.3 Å². The molecular weight excluding hydrogens is 278 g/mol. The van der Waals surface area contributed by atoms with Crippen LogP contribution >= 0.6 is 0 Å². The van der Waals surface area contributed by atoms with Crippen LogP contribution in [0.25, 0.3) is 0 Å². The van der Waals surface area contributed by atoms with Crippen LogP contribution in [0.5, 0.6) is 5.75 Å². The summed E-state index contributed by atoms with van der Waals surface area (Å²) < 4.78 is 26.7. The molecule has 4 N–H and O–H groups in total. The first-order chi connectivity index (χ1) is 9.40. The number of nitrogens with zero attached hydrogens (tertiary/aromatic N) is 1. The molecule has 0 unspecified atom stereocenters. The molecule has 0 radical (unpaired) electrons. The quantitative estimate of drug-likeness (QED) is 0.579. The maximum absolute atomic E-state index is 12.1. The smallest absolute Gasteiger partial charge is 0.240 e. The van der Waals surface area contributed by atoms with E-state index in [4.69, 9.17) is 5.73 Å². The zero-order valence-electron chi connectivity index (χ0n) is 10.9. The Labute approximate surface area is 117 Å². The number of aromatic nitrogens is 1. The molecule has 1 aromatic heterocycles. The van der Waals surface area contributed by atoms with Gasteiger partial charge in [-0.15, -0.1) is 0 Å². The number of sulfonamides is 1. The minimum atomic E-state index is -3.68. The predicted octanol–water partition coefficient (Wildman–Crippen LogP) is 1.16. The third-order valence-corrected chi connectivity index (χ3v) is 4.30. The van der Waals surface area contributed by atoms with E-state index < -0.39 is 10.0 Å². The molecule has 0 atom stereocenters. The number of benzene rings is 1. The Bertz CT molecular complexity index is 729. The van der Waals surface area contributed by atoms with Gasteiger partial charge in [-0.1, -0.05) is 0 Å². The summed E-state index contributed by atoms with van der Waals surface area (Å²) in [4.78, 5) is 3.96. The molecule has 2 aromatic rings. The van der Waals surface area contributed by atoms with Crippen molar-refractivity contribution in [3.05, 3.63) is 47.8 Å². The van der Waals surface area contributed by atoms with E-state index in [-0.39, 0.29) is 22.9 Å². The molecule has 6 nitrogen and oxygen atoms in total. The molecule has 2 rings (SSSR count). The molecular formula is C13H15N3O3S. The number of hydrogen-bond donors (Lipinski definition) is 3. The summed E-state index contributed by atoms with van der Waals surface area (Å²) in [7, 11) is -3.68. The molecule has 0 amide bonds. The van der Waals surface area contributed by atoms with Gasteiger partial charge in [0, 0.05) is 18.9 Å². The Morgan fingerprint density at radius 1 is 1.35 bits per heavy atom. The minimum absolute atomic E-state index is 0.0134. The third kappa shape index (κ3) is 3.06. The molecule has 106 valence electrons. The van der Waals surface area contributed by atoms with Crippen molar-refractivity contribution in [1.82, 2.24) is 9.71 Å². The van der Waals surface area contributed by atoms with Crippen molar-refractivity contribution in [2.24, 2.45) is 0 Å². The van der Waals surface area contributed by atoms with Gasteiger partial charge in [-0.3, -0.25) is 4.98 Å². The maximum Gasteiger partial charge on any atom is 0.240 e. The van der Waals surface area contributed by atoms with Crippen molar-refractivity contribution in [3.63, 3.8) is 0 Å². The zero-order valence-corrected chi connectivity index (χ0v) is 11.7. The summed E-state index contributed by atoms with van der Waals surface area (Å²) in [6.07, 6.45) is 3.28. The van der Waals surface area contributed by atoms with Gasteiger partial charge < -0.3 is 10.8 Å². The van der Waals surface area contributed by atoms with Crippen molar-refractivity contribution in [2.75, 3.05) is 5.73 Å². The number of aryl methyl sites for hydroxylation is 1. The highest BCUT2D eigenvalue weighted by atomic mass is 32.2. The number of rotatable bonds is 4. The van der Waals surface area contributed by atoms with Crippen LogP contribution in [-0.2, 0) is 16.6 Å². The molecule has 1 heterocycles. The van der Waals surface area contributed by atoms with E-state index in [1.807, 2.05) is 6.92 Å². The van der Waals surface area contributed by atoms with Crippen molar-refractivity contribution >= 4 is 15.7 Å². The summed E-state index contributed by atoms with van der Waals surface area (Å²) in [5.41, 5.74) is 7.27. The van der Waals surface area contributed by atoms with Gasteiger partial charge in [0.1, 0.15) is 5.75 Å². The molecule has 20 heavy (non-hydrogen) atoms. The number of nitrogens with one attached hydrogen (secondary N) is 1. The molecule has 0 fully saturated rings. The van der Waals surface area contributed by atoms with Crippen LogP contribution in [0.15, 0.2) is 41.6 Å². The third-order valence-electron chi connectivity index (χ3n) is 2.90. The lowest BCUT2D eigenvalue weighted by molar-refractivity contribution is 0.477. The highest BCUT2D eigenvalue weighted by Gasteiger charge is 2.15. The minimum Gasteiger partial charge on any atom is -0.506 e. The molecule has 0 aliphatic heterocycles. The molecule has 0 aliphatic carbocycles. The number of nitrogen functional groups attached to an aromatic ring is 1. The van der Waals surface area contributed by atoms with Crippen molar-refractivity contribution in [3.8, 4) is 5.75 Å². The van der Waals surface area contributed by atoms with E-state index >= 15 is 0 Å². The summed E-state index contributed by atoms with van der Waals surface area (Å²) >= 11 is 0. The maximum atomic E-state index is 12.1. The van der Waals surface area contributed by atoms with Crippen LogP contribution in [0.3, 0.4) is 0 Å². The summed E-state index contributed by atoms with van der Waals surface area (Å²) in [5.74, 6) is -0.145. The van der Waals surface area contributed by atoms with Crippen LogP contribution < -0.4 is 10.5 Å². The second kappa shape index (κ2) is 5.48. The zero-order chi connectivity index (χ0) is 14.8. The predicted molar refractivity (Wildman–Crippen MR) is 75.5 cm³/mol. The fourth-order valence-electron chi connectivity index (χ4n) is 1.66. The Morgan fingerprint density at radius 3 is 2.75 bits per heavy atom. The van der Waals surface area contributed by atoms with Gasteiger partial charge in [0.05, 0.1) is 10.6 Å². The Kier molecular flexibility index (Phi) is 3.91. The van der Waals surface area contributed by atoms with Gasteiger partial charge in [0.2, 0.25) is 10.0 Å². The van der Waals surface area contributed by atoms with E-state index in [0.29, 0.717) is 0 Å². The van der Waals surface area contributed by atoms with Gasteiger partial charge in [0.25, 0.3) is 0 Å². The number of nitrogens with two attached hydrogens (primary N) is 1. The fourth-order valence-corrected chi connectivity index (χ4v) is 2.70. The molecule has 0 spiro atoms. The van der Waals surface area contributed by atoms with Crippen LogP contribution in [0.1, 0.15) is 11.1 Å². The Balaban J connectivity index is 2.19. The standard InChI is InChI=1S/C13H15N3O3S/c1-9-7-15-5-4-10(9)8-16-20(18,19)11-2-3-13(17)12(14)6-11/h2-7,16-17H,8,14H2,1H3. The molecule has 0 bridgehead atoms. The van der Waals surface area contributed by atoms with Gasteiger partial charge in [-0.2, -0.15) is 0 Å². The van der Waals surface area contributed by atoms with E-state index in [2.05, 4.69) is 9.71 Å². The van der Waals surface area contributed by atoms with Crippen LogP contribution in [0.2, 0.25) is 0 Å². The summed E-state index contributed by atoms with van der Waals surface area (Å²) in [6, 6.07) is 5.52. The van der Waals surface area contributed by atoms with Crippen LogP contribution in [-0.4, -0.2) is 18.5 Å². The normalized spacial score (nSPS) is 11.4. The lowest BCUT2D eigenvalue weighted by Gasteiger charge is -2.09. The lowest BCUT2D eigenvalue weighted by Crippen LogP contribution is -2.23. The van der Waals surface area contributed by atoms with Crippen molar-refractivity contribution in [2.45, 2.75) is 18.4 Å². The monoisotopic (exact) mass is 293 g/mol. The first kappa shape index (κ1) is 14.3. The van der Waals surface area contributed by atoms with E-state index in [1.54, 1.807) is 18.5 Å². The van der Waals surface area contributed by atoms with Gasteiger partial charge >= 0.3 is 0 Å². The van der Waals surface area contributed by atoms with Crippen LogP contribution in [0.4, 0.5) is 5.69 Å². The van der Waals surface area contributed by atoms with Gasteiger partial charge in [-0.25, -0.2) is 13.1 Å². The number of phenolic OH excluding ortho intramolecular Hbond substituents is 1. The number of aromatic hydroxyl groups is 1. The molecule has 0 aliphatic rings. The van der Waals surface area contributed by atoms with E-state index in [1.165, 1.54) is 18.2 Å². The molecule has 1 aromatic carbocycles. The van der Waals surface area contributed by atoms with Crippen LogP contribution in [0, 0.1) is 6.92 Å². The second-order valence-corrected chi connectivity index (χ2v) is 6.11. The molecule has 7 heteroatoms. The fraction of sp³-hybridized carbons (Fsp3) is 0.154. The second-order valence-electron chi connectivity index (χ2n) is 4.35. The first-order valence-corrected chi connectivity index (χ1v) is 7.36. The Morgan fingerprint density at radius 2 is 2.10 bits per heavy atom. The van der Waals surface area contributed by atoms with Crippen molar-refractivity contribution in [1.29, 1.82) is 0 Å². The average Bonchev–Trinajstić information content (AvgIpc) is 2.41. The SMILES string of the molecule is Cc1cnccc1CNS(=O)(=O)c1ccc(O)c(N)c1. The average molecular weight is 293 g/mol. The lowest BCUT2D eigenvalue weighted by atomic mass is 10.2. The summed E-state index contributed by atoms with van der Waals surface area (Å²) in [6.45, 7) is 2.02. The molecule has 0 saturated heterocycles. The topological polar surface area (TPSA) is 105 Å². The number of hydrogen-bond acceptors (Lipinski definition) is 5. The van der Waals surface area contributed by atoms with Gasteiger partial charge in [0.15, 0.2) is 0 Å². The number of phenols is 1. The van der Waals surface area contributed by atoms with Crippen molar-refractivity contribution < 1.29 is 13.5 Å². The highest BCUT2D eigenvalue weighted by molar-refractivity contribution is 7.89. The highest BCUT2D eigenvalue weighted by Crippen LogP contribution is 2.23. The number of anilines is 1. The molecule has 0 saturated carbocycles. The largest absolute Gasteiger partial charge is 0.506 e. The van der Waals surface area contributed by atoms with E-state index in [0.717, 1.165) is 11.1 Å². The Hall–Kier alpha value is -2.12. The first-order valence-electron chi connectivity index (χ1n) is 5.88. The summed E-state index contributed by atoms with van der Waals surface area (Å²) in [5, 5.41) is 9.31. The number of pyridine rings is 1. The van der Waals surface area contributed by atoms with E-state index in [9.17, 15) is 13.5 Å².